The zero-order valence-corrected chi connectivity index (χ0v) is 20.2. The molecule has 36 heavy (non-hydrogen) atoms. The number of amides is 2. The van der Waals surface area contributed by atoms with Gasteiger partial charge >= 0.3 is 0 Å². The lowest BCUT2D eigenvalue weighted by Gasteiger charge is -2.49. The maximum Gasteiger partial charge on any atom is 0.283 e. The van der Waals surface area contributed by atoms with Crippen LogP contribution in [0, 0.1) is 5.82 Å². The number of hydrazone groups is 1. The van der Waals surface area contributed by atoms with Crippen molar-refractivity contribution in [2.75, 3.05) is 9.91 Å². The number of rotatable bonds is 2. The second-order valence-corrected chi connectivity index (χ2v) is 10.4. The molecule has 7 heteroatoms. The lowest BCUT2D eigenvalue weighted by atomic mass is 9.65. The summed E-state index contributed by atoms with van der Waals surface area (Å²) in [6.07, 6.45) is 0.571. The van der Waals surface area contributed by atoms with E-state index in [4.69, 9.17) is 5.73 Å². The molecule has 3 aromatic rings. The van der Waals surface area contributed by atoms with Crippen molar-refractivity contribution in [3.05, 3.63) is 101 Å². The highest BCUT2D eigenvalue weighted by Crippen LogP contribution is 2.56. The molecule has 0 saturated carbocycles. The van der Waals surface area contributed by atoms with Crippen molar-refractivity contribution < 1.29 is 14.0 Å². The van der Waals surface area contributed by atoms with Crippen molar-refractivity contribution in [1.82, 2.24) is 0 Å². The van der Waals surface area contributed by atoms with Gasteiger partial charge in [-0.15, -0.1) is 5.10 Å². The molecule has 180 valence electrons. The highest BCUT2D eigenvalue weighted by atomic mass is 19.1. The Labute approximate surface area is 208 Å². The molecule has 3 aromatic carbocycles. The smallest absolute Gasteiger partial charge is 0.283 e. The van der Waals surface area contributed by atoms with Crippen LogP contribution in [0.1, 0.15) is 43.9 Å². The van der Waals surface area contributed by atoms with E-state index in [0.29, 0.717) is 28.9 Å². The number of para-hydroxylation sites is 1. The summed E-state index contributed by atoms with van der Waals surface area (Å²) in [5.41, 5.74) is 8.47. The average molecular weight is 481 g/mol. The normalized spacial score (nSPS) is 24.3. The van der Waals surface area contributed by atoms with Crippen molar-refractivity contribution in [2.24, 2.45) is 10.8 Å². The van der Waals surface area contributed by atoms with E-state index >= 15 is 4.39 Å². The molecular formula is C29H25FN4O2. The predicted molar refractivity (Wildman–Crippen MR) is 138 cm³/mol. The van der Waals surface area contributed by atoms with Crippen LogP contribution in [0.4, 0.5) is 15.8 Å². The van der Waals surface area contributed by atoms with Crippen molar-refractivity contribution >= 4 is 34.6 Å². The molecule has 1 unspecified atom stereocenters. The Morgan fingerprint density at radius 2 is 1.53 bits per heavy atom. The fraction of sp³-hybridized carbons (Fsp3) is 0.207. The first-order valence-electron chi connectivity index (χ1n) is 11.9. The summed E-state index contributed by atoms with van der Waals surface area (Å²) < 4.78 is 15.2. The van der Waals surface area contributed by atoms with Crippen LogP contribution in [0.3, 0.4) is 0 Å². The highest BCUT2D eigenvalue weighted by Gasteiger charge is 2.54. The van der Waals surface area contributed by atoms with Gasteiger partial charge in [0.25, 0.3) is 11.8 Å². The second-order valence-electron chi connectivity index (χ2n) is 10.4. The average Bonchev–Trinajstić information content (AvgIpc) is 3.30. The van der Waals surface area contributed by atoms with Crippen LogP contribution in [0.5, 0.6) is 0 Å². The summed E-state index contributed by atoms with van der Waals surface area (Å²) in [6.45, 7) is 6.08. The molecule has 0 fully saturated rings. The Kier molecular flexibility index (Phi) is 4.55. The Hall–Kier alpha value is -4.26. The van der Waals surface area contributed by atoms with Gasteiger partial charge in [-0.3, -0.25) is 9.59 Å². The maximum atomic E-state index is 15.2. The third-order valence-electron chi connectivity index (χ3n) is 7.50. The Bertz CT molecular complexity index is 1510. The van der Waals surface area contributed by atoms with Crippen LogP contribution >= 0.6 is 0 Å². The molecule has 3 aliphatic rings. The van der Waals surface area contributed by atoms with E-state index in [-0.39, 0.29) is 22.9 Å². The van der Waals surface area contributed by atoms with Crippen LogP contribution < -0.4 is 15.6 Å². The Balaban J connectivity index is 1.61. The summed E-state index contributed by atoms with van der Waals surface area (Å²) in [5, 5.41) is 5.44. The minimum atomic E-state index is -0.615. The standard InChI is InChI=1S/C29H25FN4O2/c1-28(2)16-29(3,17-10-6-4-7-11-17)21-15-18(30)14-20-22(26(35)33(28)24(20)21)23-25(31)32-34(27(23)36)19-12-8-5-9-13-19/h4-15H,16H2,1-3H3,(H2,31,32)/b23-22-. The fourth-order valence-electron chi connectivity index (χ4n) is 6.10. The molecule has 1 atom stereocenters. The molecule has 0 aliphatic carbocycles. The lowest BCUT2D eigenvalue weighted by Crippen LogP contribution is -2.54. The quantitative estimate of drug-likeness (QED) is 0.539. The van der Waals surface area contributed by atoms with Gasteiger partial charge in [0.15, 0.2) is 5.84 Å². The van der Waals surface area contributed by atoms with Gasteiger partial charge in [0.05, 0.1) is 22.5 Å². The van der Waals surface area contributed by atoms with E-state index in [1.807, 2.05) is 50.2 Å². The van der Waals surface area contributed by atoms with E-state index in [1.54, 1.807) is 29.2 Å². The van der Waals surface area contributed by atoms with Crippen molar-refractivity contribution in [3.8, 4) is 0 Å². The molecule has 6 rings (SSSR count). The first-order valence-corrected chi connectivity index (χ1v) is 11.9. The van der Waals surface area contributed by atoms with Gasteiger partial charge in [0, 0.05) is 16.5 Å². The van der Waals surface area contributed by atoms with Crippen molar-refractivity contribution in [3.63, 3.8) is 0 Å². The predicted octanol–water partition coefficient (Wildman–Crippen LogP) is 4.73. The number of hydrogen-bond acceptors (Lipinski definition) is 4. The Morgan fingerprint density at radius 1 is 0.889 bits per heavy atom. The van der Waals surface area contributed by atoms with E-state index in [0.717, 1.165) is 5.56 Å². The number of hydrogen-bond donors (Lipinski definition) is 1. The third kappa shape index (κ3) is 2.92. The summed E-state index contributed by atoms with van der Waals surface area (Å²) in [6, 6.07) is 21.6. The maximum absolute atomic E-state index is 15.2. The SMILES string of the molecule is CC1(c2ccccc2)CC(C)(C)N2C(=O)/C(=C3\C(=O)N(c4ccccc4)N=C3N)c3cc(F)cc1c32. The molecule has 2 amide bonds. The second kappa shape index (κ2) is 7.37. The highest BCUT2D eigenvalue weighted by molar-refractivity contribution is 6.45. The molecular weight excluding hydrogens is 455 g/mol. The zero-order valence-electron chi connectivity index (χ0n) is 20.2. The molecule has 0 saturated heterocycles. The largest absolute Gasteiger partial charge is 0.382 e. The van der Waals surface area contributed by atoms with Gasteiger partial charge in [0.2, 0.25) is 0 Å². The van der Waals surface area contributed by atoms with Gasteiger partial charge < -0.3 is 10.6 Å². The van der Waals surface area contributed by atoms with Gasteiger partial charge in [-0.1, -0.05) is 55.5 Å². The van der Waals surface area contributed by atoms with Gasteiger partial charge in [-0.2, -0.15) is 5.01 Å². The van der Waals surface area contributed by atoms with Crippen LogP contribution in [0.15, 0.2) is 83.5 Å². The monoisotopic (exact) mass is 480 g/mol. The van der Waals surface area contributed by atoms with Gasteiger partial charge in [-0.05, 0) is 55.7 Å². The minimum Gasteiger partial charge on any atom is -0.382 e. The van der Waals surface area contributed by atoms with Gasteiger partial charge in [-0.25, -0.2) is 4.39 Å². The van der Waals surface area contributed by atoms with E-state index in [9.17, 15) is 9.59 Å². The number of carbonyl (C=O) groups excluding carboxylic acids is 2. The molecule has 6 nitrogen and oxygen atoms in total. The van der Waals surface area contributed by atoms with Gasteiger partial charge in [0.1, 0.15) is 5.82 Å². The van der Waals surface area contributed by atoms with E-state index in [2.05, 4.69) is 12.0 Å². The number of anilines is 2. The van der Waals surface area contributed by atoms with Crippen LogP contribution in [0.2, 0.25) is 0 Å². The van der Waals surface area contributed by atoms with Crippen LogP contribution in [-0.2, 0) is 15.0 Å². The molecule has 2 N–H and O–H groups in total. The number of carbonyl (C=O) groups is 2. The van der Waals surface area contributed by atoms with E-state index in [1.165, 1.54) is 17.1 Å². The van der Waals surface area contributed by atoms with Crippen molar-refractivity contribution in [1.29, 1.82) is 0 Å². The topological polar surface area (TPSA) is 79.0 Å². The van der Waals surface area contributed by atoms with E-state index < -0.39 is 22.7 Å². The molecule has 0 aromatic heterocycles. The molecule has 0 spiro atoms. The molecule has 0 bridgehead atoms. The summed E-state index contributed by atoms with van der Waals surface area (Å²) in [5.74, 6) is -1.41. The minimum absolute atomic E-state index is 0.00303. The first kappa shape index (κ1) is 22.2. The number of nitrogens with two attached hydrogens (primary N) is 1. The third-order valence-corrected chi connectivity index (χ3v) is 7.50. The molecule has 0 radical (unpaired) electrons. The fourth-order valence-corrected chi connectivity index (χ4v) is 6.10. The number of halogens is 1. The number of nitrogens with zero attached hydrogens (tertiary/aromatic N) is 3. The lowest BCUT2D eigenvalue weighted by molar-refractivity contribution is -0.116. The zero-order chi connectivity index (χ0) is 25.4. The summed E-state index contributed by atoms with van der Waals surface area (Å²) >= 11 is 0. The first-order chi connectivity index (χ1) is 17.1. The van der Waals surface area contributed by atoms with Crippen molar-refractivity contribution in [2.45, 2.75) is 38.1 Å². The Morgan fingerprint density at radius 3 is 2.19 bits per heavy atom. The molecule has 3 heterocycles. The molecule has 3 aliphatic heterocycles. The van der Waals surface area contributed by atoms with Crippen LogP contribution in [0.25, 0.3) is 5.57 Å². The van der Waals surface area contributed by atoms with Crippen LogP contribution in [-0.4, -0.2) is 23.2 Å². The summed E-state index contributed by atoms with van der Waals surface area (Å²) in [4.78, 5) is 29.3. The number of amidine groups is 1. The number of benzene rings is 3. The summed E-state index contributed by atoms with van der Waals surface area (Å²) in [7, 11) is 0.